The normalized spacial score (nSPS) is 16.1. The van der Waals surface area contributed by atoms with Crippen LogP contribution in [-0.2, 0) is 14.3 Å². The number of aryl methyl sites for hydroxylation is 1. The van der Waals surface area contributed by atoms with Gasteiger partial charge in [-0.1, -0.05) is 6.92 Å². The fourth-order valence-corrected chi connectivity index (χ4v) is 3.63. The molecule has 1 aliphatic heterocycles. The van der Waals surface area contributed by atoms with Crippen molar-refractivity contribution in [1.29, 1.82) is 0 Å². The van der Waals surface area contributed by atoms with Crippen LogP contribution < -0.4 is 0 Å². The summed E-state index contributed by atoms with van der Waals surface area (Å²) in [5.74, 6) is -0.419. The van der Waals surface area contributed by atoms with E-state index >= 15 is 0 Å². The molecule has 30 heavy (non-hydrogen) atoms. The van der Waals surface area contributed by atoms with Crippen LogP contribution in [0, 0.1) is 25.6 Å². The zero-order valence-corrected chi connectivity index (χ0v) is 17.9. The van der Waals surface area contributed by atoms with Crippen LogP contribution in [0.25, 0.3) is 11.8 Å². The first kappa shape index (κ1) is 21.7. The van der Waals surface area contributed by atoms with Crippen molar-refractivity contribution in [2.45, 2.75) is 46.6 Å². The maximum Gasteiger partial charge on any atom is 0.331 e. The third-order valence-electron chi connectivity index (χ3n) is 5.54. The Morgan fingerprint density at radius 3 is 2.47 bits per heavy atom. The van der Waals surface area contributed by atoms with Crippen LogP contribution in [0.2, 0.25) is 0 Å². The maximum absolute atomic E-state index is 13.2. The minimum atomic E-state index is -0.820. The highest BCUT2D eigenvalue weighted by atomic mass is 19.1. The molecule has 1 aliphatic rings. The van der Waals surface area contributed by atoms with Crippen molar-refractivity contribution in [1.82, 2.24) is 14.7 Å². The minimum Gasteiger partial charge on any atom is -0.449 e. The number of likely N-dealkylation sites (tertiary alicyclic amines) is 1. The number of nitrogens with zero attached hydrogens (tertiary/aromatic N) is 3. The zero-order chi connectivity index (χ0) is 21.8. The summed E-state index contributed by atoms with van der Waals surface area (Å²) < 4.78 is 20.2. The summed E-state index contributed by atoms with van der Waals surface area (Å²) >= 11 is 0. The van der Waals surface area contributed by atoms with E-state index in [1.54, 1.807) is 34.7 Å². The molecule has 6 nitrogen and oxygen atoms in total. The van der Waals surface area contributed by atoms with E-state index in [9.17, 15) is 14.0 Å². The predicted octanol–water partition coefficient (Wildman–Crippen LogP) is 3.83. The second kappa shape index (κ2) is 9.24. The molecule has 1 atom stereocenters. The van der Waals surface area contributed by atoms with E-state index in [-0.39, 0.29) is 11.7 Å². The molecule has 0 radical (unpaired) electrons. The van der Waals surface area contributed by atoms with Crippen LogP contribution in [0.15, 0.2) is 30.3 Å². The molecule has 1 amide bonds. The first-order valence-electron chi connectivity index (χ1n) is 10.3. The second-order valence-electron chi connectivity index (χ2n) is 7.89. The Labute approximate surface area is 176 Å². The van der Waals surface area contributed by atoms with Crippen LogP contribution in [-0.4, -0.2) is 45.8 Å². The van der Waals surface area contributed by atoms with E-state index in [1.165, 1.54) is 18.2 Å². The molecular weight excluding hydrogens is 385 g/mol. The Kier molecular flexibility index (Phi) is 6.70. The molecule has 1 unspecified atom stereocenters. The molecule has 0 spiro atoms. The Morgan fingerprint density at radius 1 is 1.20 bits per heavy atom. The summed E-state index contributed by atoms with van der Waals surface area (Å²) in [5, 5.41) is 4.47. The summed E-state index contributed by atoms with van der Waals surface area (Å²) in [5.41, 5.74) is 3.05. The number of amides is 1. The number of halogens is 1. The molecule has 1 aromatic carbocycles. The average molecular weight is 413 g/mol. The van der Waals surface area contributed by atoms with Gasteiger partial charge in [0.1, 0.15) is 5.82 Å². The lowest BCUT2D eigenvalue weighted by Crippen LogP contribution is -2.43. The Bertz CT molecular complexity index is 941. The van der Waals surface area contributed by atoms with E-state index in [1.807, 2.05) is 13.8 Å². The van der Waals surface area contributed by atoms with Gasteiger partial charge < -0.3 is 9.64 Å². The van der Waals surface area contributed by atoms with Gasteiger partial charge in [0.2, 0.25) is 0 Å². The molecule has 0 aliphatic carbocycles. The van der Waals surface area contributed by atoms with E-state index in [2.05, 4.69) is 12.0 Å². The van der Waals surface area contributed by atoms with Gasteiger partial charge in [0.15, 0.2) is 6.10 Å². The smallest absolute Gasteiger partial charge is 0.331 e. The third kappa shape index (κ3) is 4.96. The molecule has 0 N–H and O–H groups in total. The third-order valence-corrected chi connectivity index (χ3v) is 5.54. The van der Waals surface area contributed by atoms with Gasteiger partial charge in [-0.25, -0.2) is 13.9 Å². The van der Waals surface area contributed by atoms with Crippen LogP contribution in [0.3, 0.4) is 0 Å². The largest absolute Gasteiger partial charge is 0.449 e. The number of rotatable bonds is 5. The van der Waals surface area contributed by atoms with Crippen molar-refractivity contribution < 1.29 is 18.7 Å². The maximum atomic E-state index is 13.2. The van der Waals surface area contributed by atoms with Gasteiger partial charge >= 0.3 is 5.97 Å². The highest BCUT2D eigenvalue weighted by molar-refractivity contribution is 5.90. The van der Waals surface area contributed by atoms with Crippen molar-refractivity contribution >= 4 is 18.0 Å². The molecule has 1 aromatic heterocycles. The summed E-state index contributed by atoms with van der Waals surface area (Å²) in [6, 6.07) is 6.04. The molecule has 2 aromatic rings. The Balaban J connectivity index is 1.64. The number of hydrogen-bond donors (Lipinski definition) is 0. The van der Waals surface area contributed by atoms with E-state index < -0.39 is 12.1 Å². The second-order valence-corrected chi connectivity index (χ2v) is 7.89. The molecule has 0 saturated carbocycles. The number of carbonyl (C=O) groups excluding carboxylic acids is 2. The number of piperidine rings is 1. The molecular formula is C23H28FN3O3. The molecule has 160 valence electrons. The van der Waals surface area contributed by atoms with Crippen molar-refractivity contribution in [3.8, 4) is 5.69 Å². The van der Waals surface area contributed by atoms with Crippen LogP contribution in [0.1, 0.15) is 43.6 Å². The van der Waals surface area contributed by atoms with Gasteiger partial charge in [0.25, 0.3) is 5.91 Å². The quantitative estimate of drug-likeness (QED) is 0.552. The first-order chi connectivity index (χ1) is 14.3. The molecule has 1 saturated heterocycles. The minimum absolute atomic E-state index is 0.153. The summed E-state index contributed by atoms with van der Waals surface area (Å²) in [6.07, 6.45) is 4.08. The van der Waals surface area contributed by atoms with Crippen molar-refractivity contribution in [3.63, 3.8) is 0 Å². The van der Waals surface area contributed by atoms with Gasteiger partial charge in [-0.05, 0) is 69.9 Å². The van der Waals surface area contributed by atoms with Crippen molar-refractivity contribution in [3.05, 3.63) is 53.1 Å². The Morgan fingerprint density at radius 2 is 1.83 bits per heavy atom. The summed E-state index contributed by atoms with van der Waals surface area (Å²) in [6.45, 7) is 8.91. The number of hydrogen-bond acceptors (Lipinski definition) is 4. The highest BCUT2D eigenvalue weighted by Crippen LogP contribution is 2.20. The highest BCUT2D eigenvalue weighted by Gasteiger charge is 2.26. The Hall–Kier alpha value is -2.96. The van der Waals surface area contributed by atoms with E-state index in [4.69, 9.17) is 4.74 Å². The van der Waals surface area contributed by atoms with E-state index in [0.717, 1.165) is 35.5 Å². The topological polar surface area (TPSA) is 64.4 Å². The zero-order valence-electron chi connectivity index (χ0n) is 17.9. The summed E-state index contributed by atoms with van der Waals surface area (Å²) in [4.78, 5) is 26.5. The van der Waals surface area contributed by atoms with Crippen LogP contribution in [0.5, 0.6) is 0 Å². The lowest BCUT2D eigenvalue weighted by molar-refractivity contribution is -0.156. The number of aromatic nitrogens is 2. The number of carbonyl (C=O) groups is 2. The molecule has 7 heteroatoms. The van der Waals surface area contributed by atoms with Gasteiger partial charge in [0.05, 0.1) is 11.4 Å². The molecule has 1 fully saturated rings. The van der Waals surface area contributed by atoms with Crippen LogP contribution in [0.4, 0.5) is 4.39 Å². The standard InChI is InChI=1S/C23H28FN3O3/c1-15-11-13-26(14-12-15)23(29)18(4)30-22(28)10-9-21-16(2)25-27(17(21)3)20-7-5-19(24)6-8-20/h5-10,15,18H,11-14H2,1-4H3/b10-9+. The fourth-order valence-electron chi connectivity index (χ4n) is 3.63. The SMILES string of the molecule is Cc1nn(-c2ccc(F)cc2)c(C)c1/C=C/C(=O)OC(C)C(=O)N1CCC(C)CC1. The monoisotopic (exact) mass is 413 g/mol. The average Bonchev–Trinajstić information content (AvgIpc) is 3.00. The van der Waals surface area contributed by atoms with Crippen LogP contribution >= 0.6 is 0 Å². The van der Waals surface area contributed by atoms with Gasteiger partial charge in [-0.3, -0.25) is 4.79 Å². The van der Waals surface area contributed by atoms with Crippen molar-refractivity contribution in [2.75, 3.05) is 13.1 Å². The van der Waals surface area contributed by atoms with Gasteiger partial charge in [0, 0.05) is 30.4 Å². The fraction of sp³-hybridized carbons (Fsp3) is 0.435. The first-order valence-corrected chi connectivity index (χ1v) is 10.3. The van der Waals surface area contributed by atoms with Gasteiger partial charge in [-0.15, -0.1) is 0 Å². The lowest BCUT2D eigenvalue weighted by Gasteiger charge is -2.31. The molecule has 2 heterocycles. The molecule has 3 rings (SSSR count). The summed E-state index contributed by atoms with van der Waals surface area (Å²) in [7, 11) is 0. The van der Waals surface area contributed by atoms with E-state index in [0.29, 0.717) is 19.0 Å². The molecule has 0 bridgehead atoms. The number of esters is 1. The number of benzene rings is 1. The number of ether oxygens (including phenoxy) is 1. The van der Waals surface area contributed by atoms with Gasteiger partial charge in [-0.2, -0.15) is 5.10 Å². The van der Waals surface area contributed by atoms with Crippen molar-refractivity contribution in [2.24, 2.45) is 5.92 Å². The lowest BCUT2D eigenvalue weighted by atomic mass is 9.99. The predicted molar refractivity (Wildman–Crippen MR) is 113 cm³/mol.